The monoisotopic (exact) mass is 460 g/mol. The Balaban J connectivity index is 1.93. The van der Waals surface area contributed by atoms with Gasteiger partial charge in [0.05, 0.1) is 0 Å². The average molecular weight is 461 g/mol. The van der Waals surface area contributed by atoms with Crippen LogP contribution in [0.2, 0.25) is 5.02 Å². The van der Waals surface area contributed by atoms with Gasteiger partial charge >= 0.3 is 0 Å². The van der Waals surface area contributed by atoms with E-state index >= 15 is 0 Å². The minimum Gasteiger partial charge on any atom is -0.352 e. The Kier molecular flexibility index (Phi) is 11.0. The van der Waals surface area contributed by atoms with Crippen LogP contribution in [-0.4, -0.2) is 41.1 Å². The van der Waals surface area contributed by atoms with Crippen LogP contribution in [0.15, 0.2) is 59.5 Å². The van der Waals surface area contributed by atoms with Gasteiger partial charge in [-0.25, -0.2) is 0 Å². The fourth-order valence-electron chi connectivity index (χ4n) is 3.12. The zero-order chi connectivity index (χ0) is 22.6. The van der Waals surface area contributed by atoms with Crippen LogP contribution in [0.3, 0.4) is 0 Å². The number of carbonyl (C=O) groups is 2. The number of nitrogens with zero attached hydrogens (tertiary/aromatic N) is 1. The maximum Gasteiger partial charge on any atom is 0.242 e. The van der Waals surface area contributed by atoms with E-state index in [9.17, 15) is 9.59 Å². The first-order valence-corrected chi connectivity index (χ1v) is 12.3. The van der Waals surface area contributed by atoms with Crippen molar-refractivity contribution in [1.29, 1.82) is 0 Å². The number of halogens is 1. The fraction of sp³-hybridized carbons (Fsp3) is 0.440. The zero-order valence-electron chi connectivity index (χ0n) is 18.6. The first-order chi connectivity index (χ1) is 14.9. The Bertz CT molecular complexity index is 814. The molecular formula is C25H33ClN2O2S. The number of hydrogen-bond donors (Lipinski definition) is 1. The minimum absolute atomic E-state index is 0.0273. The molecule has 31 heavy (non-hydrogen) atoms. The summed E-state index contributed by atoms with van der Waals surface area (Å²) in [5.41, 5.74) is 1.16. The molecule has 2 aromatic rings. The molecule has 6 heteroatoms. The summed E-state index contributed by atoms with van der Waals surface area (Å²) in [5.74, 6) is 0.776. The average Bonchev–Trinajstić information content (AvgIpc) is 2.78. The van der Waals surface area contributed by atoms with Gasteiger partial charge in [-0.3, -0.25) is 9.59 Å². The van der Waals surface area contributed by atoms with Crippen LogP contribution in [0.5, 0.6) is 0 Å². The third-order valence-corrected chi connectivity index (χ3v) is 6.62. The lowest BCUT2D eigenvalue weighted by Gasteiger charge is -2.29. The Hall–Kier alpha value is -1.98. The van der Waals surface area contributed by atoms with E-state index in [1.54, 1.807) is 16.7 Å². The van der Waals surface area contributed by atoms with Gasteiger partial charge in [-0.05, 0) is 68.7 Å². The fourth-order valence-corrected chi connectivity index (χ4v) is 4.10. The lowest BCUT2D eigenvalue weighted by atomic mass is 10.1. The summed E-state index contributed by atoms with van der Waals surface area (Å²) in [6.07, 6.45) is 2.77. The summed E-state index contributed by atoms with van der Waals surface area (Å²) in [6, 6.07) is 17.4. The molecule has 168 valence electrons. The molecule has 0 saturated carbocycles. The summed E-state index contributed by atoms with van der Waals surface area (Å²) in [5, 5.41) is 3.73. The standard InChI is InChI=1S/C25H33ClN2O2S/c1-4-19(2)27-25(30)20(3)28(17-16-21-9-6-5-7-10-21)24(29)11-8-18-31-23-14-12-22(26)13-15-23/h5-7,9-10,12-15,19-20H,4,8,11,16-18H2,1-3H3,(H,27,30)/t19-,20-/m0/s1. The van der Waals surface area contributed by atoms with Gasteiger partial charge in [0.2, 0.25) is 11.8 Å². The molecule has 0 spiro atoms. The quantitative estimate of drug-likeness (QED) is 0.332. The van der Waals surface area contributed by atoms with Gasteiger partial charge in [-0.1, -0.05) is 48.9 Å². The highest BCUT2D eigenvalue weighted by Gasteiger charge is 2.26. The topological polar surface area (TPSA) is 49.4 Å². The van der Waals surface area contributed by atoms with Crippen molar-refractivity contribution in [2.45, 2.75) is 63.4 Å². The normalized spacial score (nSPS) is 12.8. The maximum atomic E-state index is 13.0. The van der Waals surface area contributed by atoms with Gasteiger partial charge in [-0.2, -0.15) is 0 Å². The molecule has 1 N–H and O–H groups in total. The van der Waals surface area contributed by atoms with Crippen LogP contribution in [0.25, 0.3) is 0 Å². The number of rotatable bonds is 12. The van der Waals surface area contributed by atoms with E-state index in [1.807, 2.05) is 63.2 Å². The maximum absolute atomic E-state index is 13.0. The second-order valence-electron chi connectivity index (χ2n) is 7.72. The SMILES string of the molecule is CC[C@H](C)NC(=O)[C@H](C)N(CCc1ccccc1)C(=O)CCCSc1ccc(Cl)cc1. The number of carbonyl (C=O) groups excluding carboxylic acids is 2. The molecule has 0 aliphatic carbocycles. The summed E-state index contributed by atoms with van der Waals surface area (Å²) >= 11 is 7.64. The van der Waals surface area contributed by atoms with Crippen molar-refractivity contribution in [3.05, 3.63) is 65.2 Å². The van der Waals surface area contributed by atoms with E-state index in [2.05, 4.69) is 17.4 Å². The number of benzene rings is 2. The van der Waals surface area contributed by atoms with Gasteiger partial charge < -0.3 is 10.2 Å². The molecule has 0 aliphatic rings. The van der Waals surface area contributed by atoms with E-state index in [4.69, 9.17) is 11.6 Å². The zero-order valence-corrected chi connectivity index (χ0v) is 20.2. The molecule has 0 saturated heterocycles. The van der Waals surface area contributed by atoms with Crippen molar-refractivity contribution in [3.63, 3.8) is 0 Å². The molecule has 0 radical (unpaired) electrons. The van der Waals surface area contributed by atoms with Gasteiger partial charge in [0, 0.05) is 28.9 Å². The number of amides is 2. The van der Waals surface area contributed by atoms with Crippen molar-refractivity contribution in [2.24, 2.45) is 0 Å². The van der Waals surface area contributed by atoms with Crippen LogP contribution in [0, 0.1) is 0 Å². The van der Waals surface area contributed by atoms with Crippen LogP contribution in [0.1, 0.15) is 45.6 Å². The van der Waals surface area contributed by atoms with E-state index in [-0.39, 0.29) is 17.9 Å². The highest BCUT2D eigenvalue weighted by atomic mass is 35.5. The van der Waals surface area contributed by atoms with Crippen LogP contribution < -0.4 is 5.32 Å². The molecule has 2 rings (SSSR count). The molecule has 2 atom stereocenters. The van der Waals surface area contributed by atoms with Crippen molar-refractivity contribution in [3.8, 4) is 0 Å². The molecule has 0 heterocycles. The Morgan fingerprint density at radius 3 is 2.39 bits per heavy atom. The van der Waals surface area contributed by atoms with E-state index in [0.29, 0.717) is 13.0 Å². The lowest BCUT2D eigenvalue weighted by Crippen LogP contribution is -2.50. The molecule has 4 nitrogen and oxygen atoms in total. The molecule has 2 amide bonds. The van der Waals surface area contributed by atoms with Crippen LogP contribution >= 0.6 is 23.4 Å². The Morgan fingerprint density at radius 1 is 1.06 bits per heavy atom. The number of thioether (sulfide) groups is 1. The number of hydrogen-bond acceptors (Lipinski definition) is 3. The van der Waals surface area contributed by atoms with Gasteiger partial charge in [0.15, 0.2) is 0 Å². The van der Waals surface area contributed by atoms with Crippen molar-refractivity contribution in [2.75, 3.05) is 12.3 Å². The largest absolute Gasteiger partial charge is 0.352 e. The third-order valence-electron chi connectivity index (χ3n) is 5.27. The molecule has 0 aromatic heterocycles. The van der Waals surface area contributed by atoms with E-state index < -0.39 is 6.04 Å². The lowest BCUT2D eigenvalue weighted by molar-refractivity contribution is -0.140. The smallest absolute Gasteiger partial charge is 0.242 e. The predicted octanol–water partition coefficient (Wildman–Crippen LogP) is 5.59. The highest BCUT2D eigenvalue weighted by molar-refractivity contribution is 7.99. The Labute approximate surface area is 195 Å². The Morgan fingerprint density at radius 2 is 1.74 bits per heavy atom. The van der Waals surface area contributed by atoms with Gasteiger partial charge in [-0.15, -0.1) is 11.8 Å². The second-order valence-corrected chi connectivity index (χ2v) is 9.33. The molecule has 0 fully saturated rings. The first kappa shape index (κ1) is 25.3. The third kappa shape index (κ3) is 8.96. The van der Waals surface area contributed by atoms with Crippen LogP contribution in [0.4, 0.5) is 0 Å². The molecule has 0 unspecified atom stereocenters. The molecule has 0 aliphatic heterocycles. The van der Waals surface area contributed by atoms with Crippen molar-refractivity contribution in [1.82, 2.24) is 10.2 Å². The van der Waals surface area contributed by atoms with Crippen molar-refractivity contribution >= 4 is 35.2 Å². The summed E-state index contributed by atoms with van der Waals surface area (Å²) in [4.78, 5) is 28.6. The predicted molar refractivity (Wildman–Crippen MR) is 131 cm³/mol. The molecule has 2 aromatic carbocycles. The summed E-state index contributed by atoms with van der Waals surface area (Å²) in [7, 11) is 0. The number of nitrogens with one attached hydrogen (secondary N) is 1. The first-order valence-electron chi connectivity index (χ1n) is 10.9. The van der Waals surface area contributed by atoms with E-state index in [1.165, 1.54) is 0 Å². The van der Waals surface area contributed by atoms with Crippen molar-refractivity contribution < 1.29 is 9.59 Å². The van der Waals surface area contributed by atoms with Crippen LogP contribution in [-0.2, 0) is 16.0 Å². The van der Waals surface area contributed by atoms with Gasteiger partial charge in [0.1, 0.15) is 6.04 Å². The highest BCUT2D eigenvalue weighted by Crippen LogP contribution is 2.21. The minimum atomic E-state index is -0.492. The molecular weight excluding hydrogens is 428 g/mol. The summed E-state index contributed by atoms with van der Waals surface area (Å²) in [6.45, 7) is 6.37. The van der Waals surface area contributed by atoms with Gasteiger partial charge in [0.25, 0.3) is 0 Å². The second kappa shape index (κ2) is 13.4. The summed E-state index contributed by atoms with van der Waals surface area (Å²) < 4.78 is 0. The van der Waals surface area contributed by atoms with E-state index in [0.717, 1.165) is 40.5 Å². The molecule has 0 bridgehead atoms.